The van der Waals surface area contributed by atoms with Gasteiger partial charge < -0.3 is 15.0 Å². The van der Waals surface area contributed by atoms with Crippen molar-refractivity contribution in [1.29, 1.82) is 0 Å². The maximum Gasteiger partial charge on any atom is 0.147 e. The van der Waals surface area contributed by atoms with Gasteiger partial charge in [-0.3, -0.25) is 0 Å². The molecule has 3 aromatic heterocycles. The van der Waals surface area contributed by atoms with E-state index in [0.29, 0.717) is 6.61 Å². The van der Waals surface area contributed by atoms with Crippen LogP contribution in [0.3, 0.4) is 0 Å². The van der Waals surface area contributed by atoms with Crippen LogP contribution in [0.2, 0.25) is 0 Å². The van der Waals surface area contributed by atoms with Gasteiger partial charge in [0.25, 0.3) is 0 Å². The SMILES string of the molecule is c1ccc(CNc2ncnc3c2sc2nc(N4CCCC4)c4c(c23)CCOC4)cc1. The fraction of sp³-hybridized carbons (Fsp3) is 0.348. The van der Waals surface area contributed by atoms with Gasteiger partial charge in [-0.05, 0) is 30.4 Å². The maximum atomic E-state index is 5.84. The lowest BCUT2D eigenvalue weighted by atomic mass is 10.00. The molecule has 0 aliphatic carbocycles. The number of fused-ring (bicyclic) bond motifs is 5. The van der Waals surface area contributed by atoms with Crippen LogP contribution in [0.5, 0.6) is 0 Å². The number of ether oxygens (including phenoxy) is 1. The number of hydrogen-bond donors (Lipinski definition) is 1. The first-order chi connectivity index (χ1) is 14.9. The first-order valence-electron chi connectivity index (χ1n) is 10.6. The van der Waals surface area contributed by atoms with Crippen molar-refractivity contribution in [2.45, 2.75) is 32.4 Å². The van der Waals surface area contributed by atoms with Crippen molar-refractivity contribution in [1.82, 2.24) is 15.0 Å². The van der Waals surface area contributed by atoms with E-state index in [0.717, 1.165) is 59.3 Å². The molecule has 2 aliphatic rings. The standard InChI is InChI=1S/C23H23N5OS/c1-2-6-15(7-3-1)12-24-21-20-19(25-14-26-21)18-16-8-11-29-13-17(16)22(27-23(18)30-20)28-9-4-5-10-28/h1-3,6-7,14H,4-5,8-13H2,(H,24,25,26). The summed E-state index contributed by atoms with van der Waals surface area (Å²) >= 11 is 1.70. The fourth-order valence-electron chi connectivity index (χ4n) is 4.57. The lowest BCUT2D eigenvalue weighted by molar-refractivity contribution is 0.111. The number of rotatable bonds is 4. The van der Waals surface area contributed by atoms with Crippen molar-refractivity contribution in [3.05, 3.63) is 53.3 Å². The number of benzene rings is 1. The zero-order chi connectivity index (χ0) is 19.9. The van der Waals surface area contributed by atoms with E-state index in [4.69, 9.17) is 9.72 Å². The van der Waals surface area contributed by atoms with E-state index < -0.39 is 0 Å². The van der Waals surface area contributed by atoms with Crippen molar-refractivity contribution >= 4 is 43.4 Å². The summed E-state index contributed by atoms with van der Waals surface area (Å²) in [6.45, 7) is 4.30. The molecule has 0 spiro atoms. The fourth-order valence-corrected chi connectivity index (χ4v) is 5.69. The van der Waals surface area contributed by atoms with E-state index in [1.54, 1.807) is 17.7 Å². The van der Waals surface area contributed by atoms with Crippen molar-refractivity contribution in [2.75, 3.05) is 29.9 Å². The highest BCUT2D eigenvalue weighted by atomic mass is 32.1. The highest BCUT2D eigenvalue weighted by Crippen LogP contribution is 2.42. The summed E-state index contributed by atoms with van der Waals surface area (Å²) < 4.78 is 6.92. The lowest BCUT2D eigenvalue weighted by Crippen LogP contribution is -2.23. The Kier molecular flexibility index (Phi) is 4.50. The first-order valence-corrected chi connectivity index (χ1v) is 11.4. The third kappa shape index (κ3) is 3.00. The van der Waals surface area contributed by atoms with Crippen LogP contribution >= 0.6 is 11.3 Å². The van der Waals surface area contributed by atoms with Crippen molar-refractivity contribution < 1.29 is 4.74 Å². The molecule has 1 N–H and O–H groups in total. The number of anilines is 2. The van der Waals surface area contributed by atoms with Crippen LogP contribution in [0.1, 0.15) is 29.5 Å². The molecule has 0 bridgehead atoms. The summed E-state index contributed by atoms with van der Waals surface area (Å²) in [5.41, 5.74) is 4.87. The van der Waals surface area contributed by atoms with E-state index in [1.165, 1.54) is 34.9 Å². The quantitative estimate of drug-likeness (QED) is 0.527. The van der Waals surface area contributed by atoms with Gasteiger partial charge in [0, 0.05) is 30.6 Å². The van der Waals surface area contributed by atoms with Gasteiger partial charge in [-0.15, -0.1) is 11.3 Å². The molecule has 1 fully saturated rings. The minimum atomic E-state index is 0.644. The molecule has 4 aromatic rings. The van der Waals surface area contributed by atoms with Gasteiger partial charge in [0.05, 0.1) is 23.4 Å². The maximum absolute atomic E-state index is 5.84. The van der Waals surface area contributed by atoms with E-state index in [2.05, 4.69) is 44.5 Å². The molecular weight excluding hydrogens is 394 g/mol. The van der Waals surface area contributed by atoms with E-state index in [1.807, 2.05) is 6.07 Å². The summed E-state index contributed by atoms with van der Waals surface area (Å²) in [7, 11) is 0. The molecule has 1 aromatic carbocycles. The monoisotopic (exact) mass is 417 g/mol. The van der Waals surface area contributed by atoms with E-state index in [9.17, 15) is 0 Å². The summed E-state index contributed by atoms with van der Waals surface area (Å²) in [4.78, 5) is 17.9. The molecule has 152 valence electrons. The molecule has 5 heterocycles. The Hall–Kier alpha value is -2.77. The van der Waals surface area contributed by atoms with Crippen LogP contribution in [-0.4, -0.2) is 34.6 Å². The molecule has 2 aliphatic heterocycles. The number of nitrogens with zero attached hydrogens (tertiary/aromatic N) is 4. The van der Waals surface area contributed by atoms with Gasteiger partial charge in [-0.2, -0.15) is 0 Å². The molecule has 30 heavy (non-hydrogen) atoms. The molecule has 6 rings (SSSR count). The molecule has 0 saturated carbocycles. The molecule has 6 nitrogen and oxygen atoms in total. The summed E-state index contributed by atoms with van der Waals surface area (Å²) in [6.07, 6.45) is 5.06. The van der Waals surface area contributed by atoms with Gasteiger partial charge in [-0.1, -0.05) is 30.3 Å². The Balaban J connectivity index is 1.49. The van der Waals surface area contributed by atoms with Crippen LogP contribution in [0, 0.1) is 0 Å². The van der Waals surface area contributed by atoms with Crippen LogP contribution in [0.4, 0.5) is 11.6 Å². The normalized spacial score (nSPS) is 16.3. The highest BCUT2D eigenvalue weighted by molar-refractivity contribution is 7.26. The molecule has 0 radical (unpaired) electrons. The van der Waals surface area contributed by atoms with Crippen molar-refractivity contribution in [2.24, 2.45) is 0 Å². The van der Waals surface area contributed by atoms with E-state index in [-0.39, 0.29) is 0 Å². The Morgan fingerprint density at radius 1 is 1.07 bits per heavy atom. The molecule has 1 saturated heterocycles. The van der Waals surface area contributed by atoms with Crippen LogP contribution < -0.4 is 10.2 Å². The van der Waals surface area contributed by atoms with Gasteiger partial charge in [0.1, 0.15) is 22.8 Å². The third-order valence-electron chi connectivity index (χ3n) is 6.05. The molecular formula is C23H23N5OS. The molecule has 7 heteroatoms. The zero-order valence-electron chi connectivity index (χ0n) is 16.7. The molecule has 0 unspecified atom stereocenters. The first kappa shape index (κ1) is 18.0. The van der Waals surface area contributed by atoms with Crippen LogP contribution in [-0.2, 0) is 24.3 Å². The van der Waals surface area contributed by atoms with Gasteiger partial charge >= 0.3 is 0 Å². The number of nitrogens with one attached hydrogen (secondary N) is 1. The summed E-state index contributed by atoms with van der Waals surface area (Å²) in [5.74, 6) is 2.00. The van der Waals surface area contributed by atoms with Crippen LogP contribution in [0.15, 0.2) is 36.7 Å². The minimum Gasteiger partial charge on any atom is -0.376 e. The second-order valence-corrected chi connectivity index (χ2v) is 8.91. The Labute approximate surface area is 178 Å². The zero-order valence-corrected chi connectivity index (χ0v) is 17.5. The average molecular weight is 418 g/mol. The smallest absolute Gasteiger partial charge is 0.147 e. The number of thiophene rings is 1. The summed E-state index contributed by atoms with van der Waals surface area (Å²) in [5, 5.41) is 4.71. The van der Waals surface area contributed by atoms with Gasteiger partial charge in [0.2, 0.25) is 0 Å². The highest BCUT2D eigenvalue weighted by Gasteiger charge is 2.27. The lowest BCUT2D eigenvalue weighted by Gasteiger charge is -2.25. The predicted octanol–water partition coefficient (Wildman–Crippen LogP) is 4.52. The van der Waals surface area contributed by atoms with Gasteiger partial charge in [-0.25, -0.2) is 15.0 Å². The van der Waals surface area contributed by atoms with Crippen molar-refractivity contribution in [3.8, 4) is 0 Å². The Bertz CT molecular complexity index is 1220. The summed E-state index contributed by atoms with van der Waals surface area (Å²) in [6, 6.07) is 10.4. The predicted molar refractivity (Wildman–Crippen MR) is 121 cm³/mol. The van der Waals surface area contributed by atoms with Crippen molar-refractivity contribution in [3.63, 3.8) is 0 Å². The average Bonchev–Trinajstić information content (AvgIpc) is 3.46. The van der Waals surface area contributed by atoms with Gasteiger partial charge in [0.15, 0.2) is 0 Å². The second-order valence-electron chi connectivity index (χ2n) is 7.91. The third-order valence-corrected chi connectivity index (χ3v) is 7.13. The Morgan fingerprint density at radius 2 is 1.93 bits per heavy atom. The minimum absolute atomic E-state index is 0.644. The molecule has 0 amide bonds. The number of aromatic nitrogens is 3. The second kappa shape index (κ2) is 7.49. The topological polar surface area (TPSA) is 63.2 Å². The number of pyridine rings is 1. The number of hydrogen-bond acceptors (Lipinski definition) is 7. The van der Waals surface area contributed by atoms with Crippen LogP contribution in [0.25, 0.3) is 20.4 Å². The largest absolute Gasteiger partial charge is 0.376 e. The van der Waals surface area contributed by atoms with E-state index >= 15 is 0 Å². The Morgan fingerprint density at radius 3 is 2.80 bits per heavy atom. The molecule has 0 atom stereocenters.